The van der Waals surface area contributed by atoms with Gasteiger partial charge in [-0.1, -0.05) is 13.3 Å². The van der Waals surface area contributed by atoms with E-state index >= 15 is 0 Å². The molecule has 0 spiro atoms. The summed E-state index contributed by atoms with van der Waals surface area (Å²) >= 11 is 0. The van der Waals surface area contributed by atoms with Gasteiger partial charge in [-0.05, 0) is 0 Å². The first-order chi connectivity index (χ1) is 3.43. The van der Waals surface area contributed by atoms with Gasteiger partial charge in [-0.3, -0.25) is 6.08 Å². The van der Waals surface area contributed by atoms with Crippen LogP contribution in [0.2, 0.25) is 0 Å². The van der Waals surface area contributed by atoms with Crippen molar-refractivity contribution < 1.29 is 21.7 Å². The molecule has 0 aromatic carbocycles. The Bertz CT molecular complexity index is 119. The molecule has 10 heavy (non-hydrogen) atoms. The molecular formula is C7H11Br2Ti-. The van der Waals surface area contributed by atoms with Crippen LogP contribution < -0.4 is 0 Å². The standard InChI is InChI=1S/C7H9.2BrH.Ti/c1-2-7-5-3-4-6-7;;;/h3,5H,2,4H2,1H3;2*1H;/q-1;;;. The minimum Gasteiger partial charge on any atom is -0.270 e. The molecule has 0 atom stereocenters. The number of hydrogen-bond acceptors (Lipinski definition) is 0. The summed E-state index contributed by atoms with van der Waals surface area (Å²) < 4.78 is 0. The first kappa shape index (κ1) is 17.3. The van der Waals surface area contributed by atoms with Gasteiger partial charge in [-0.2, -0.15) is 6.08 Å². The van der Waals surface area contributed by atoms with E-state index < -0.39 is 0 Å². The number of rotatable bonds is 1. The van der Waals surface area contributed by atoms with Crippen molar-refractivity contribution >= 4 is 34.0 Å². The van der Waals surface area contributed by atoms with Crippen LogP contribution in [-0.4, -0.2) is 0 Å². The van der Waals surface area contributed by atoms with Crippen molar-refractivity contribution in [1.29, 1.82) is 0 Å². The van der Waals surface area contributed by atoms with Crippen LogP contribution in [0.15, 0.2) is 17.7 Å². The number of allylic oxidation sites excluding steroid dienone is 4. The molecular weight excluding hydrogens is 292 g/mol. The van der Waals surface area contributed by atoms with E-state index in [4.69, 9.17) is 0 Å². The fourth-order valence-corrected chi connectivity index (χ4v) is 0.693. The third-order valence-electron chi connectivity index (χ3n) is 1.15. The summed E-state index contributed by atoms with van der Waals surface area (Å²) in [6.45, 7) is 2.15. The van der Waals surface area contributed by atoms with Crippen molar-refractivity contribution in [3.8, 4) is 0 Å². The molecule has 0 heterocycles. The third kappa shape index (κ3) is 5.90. The monoisotopic (exact) mass is 301 g/mol. The molecule has 0 aromatic heterocycles. The molecule has 58 valence electrons. The van der Waals surface area contributed by atoms with E-state index in [0.717, 1.165) is 12.8 Å². The Morgan fingerprint density at radius 1 is 1.50 bits per heavy atom. The van der Waals surface area contributed by atoms with E-state index in [1.807, 2.05) is 0 Å². The molecule has 0 nitrogen and oxygen atoms in total. The van der Waals surface area contributed by atoms with Crippen LogP contribution in [0.1, 0.15) is 19.8 Å². The first-order valence-corrected chi connectivity index (χ1v) is 2.69. The van der Waals surface area contributed by atoms with E-state index in [1.165, 1.54) is 5.57 Å². The van der Waals surface area contributed by atoms with Crippen LogP contribution in [0, 0.1) is 6.08 Å². The largest absolute Gasteiger partial charge is 0.270 e. The summed E-state index contributed by atoms with van der Waals surface area (Å²) in [7, 11) is 0. The van der Waals surface area contributed by atoms with Gasteiger partial charge in [0, 0.05) is 21.7 Å². The third-order valence-corrected chi connectivity index (χ3v) is 1.15. The Morgan fingerprint density at radius 3 is 2.30 bits per heavy atom. The quantitative estimate of drug-likeness (QED) is 0.515. The maximum atomic E-state index is 3.21. The summed E-state index contributed by atoms with van der Waals surface area (Å²) in [5.74, 6) is 0. The molecule has 0 unspecified atom stereocenters. The van der Waals surface area contributed by atoms with Crippen molar-refractivity contribution in [2.45, 2.75) is 19.8 Å². The molecule has 1 aliphatic carbocycles. The Kier molecular flexibility index (Phi) is 17.6. The average Bonchev–Trinajstić information content (AvgIpc) is 2.14. The normalized spacial score (nSPS) is 12.3. The smallest absolute Gasteiger partial charge is 0 e. The molecule has 0 N–H and O–H groups in total. The zero-order valence-corrected chi connectivity index (χ0v) is 10.9. The Labute approximate surface area is 98.6 Å². The Morgan fingerprint density at radius 2 is 2.10 bits per heavy atom. The number of halogens is 2. The fraction of sp³-hybridized carbons (Fsp3) is 0.429. The Balaban J connectivity index is -0.000000163. The second-order valence-electron chi connectivity index (χ2n) is 1.66. The van der Waals surface area contributed by atoms with Crippen LogP contribution in [-0.2, 0) is 21.7 Å². The van der Waals surface area contributed by atoms with Crippen LogP contribution in [0.3, 0.4) is 0 Å². The molecule has 0 aliphatic heterocycles. The zero-order valence-electron chi connectivity index (χ0n) is 5.89. The molecule has 0 saturated heterocycles. The molecule has 1 aliphatic rings. The summed E-state index contributed by atoms with van der Waals surface area (Å²) in [5, 5.41) is 0. The van der Waals surface area contributed by atoms with Gasteiger partial charge in [-0.15, -0.1) is 40.4 Å². The van der Waals surface area contributed by atoms with Crippen molar-refractivity contribution in [1.82, 2.24) is 0 Å². The van der Waals surface area contributed by atoms with E-state index in [-0.39, 0.29) is 55.7 Å². The van der Waals surface area contributed by atoms with Gasteiger partial charge in [-0.25, -0.2) is 11.6 Å². The van der Waals surface area contributed by atoms with E-state index in [2.05, 4.69) is 25.2 Å². The molecule has 0 aromatic rings. The van der Waals surface area contributed by atoms with Crippen LogP contribution in [0.4, 0.5) is 0 Å². The van der Waals surface area contributed by atoms with Crippen molar-refractivity contribution in [2.24, 2.45) is 0 Å². The molecule has 0 amide bonds. The molecule has 3 heteroatoms. The second-order valence-corrected chi connectivity index (χ2v) is 1.66. The number of hydrogen-bond donors (Lipinski definition) is 0. The van der Waals surface area contributed by atoms with Crippen LogP contribution in [0.5, 0.6) is 0 Å². The van der Waals surface area contributed by atoms with E-state index in [0.29, 0.717) is 0 Å². The predicted octanol–water partition coefficient (Wildman–Crippen LogP) is 3.24. The molecule has 1 rings (SSSR count). The van der Waals surface area contributed by atoms with E-state index in [1.54, 1.807) is 0 Å². The topological polar surface area (TPSA) is 0 Å². The van der Waals surface area contributed by atoms with Gasteiger partial charge in [0.1, 0.15) is 0 Å². The van der Waals surface area contributed by atoms with Crippen LogP contribution in [0.25, 0.3) is 0 Å². The minimum atomic E-state index is 0. The zero-order chi connectivity index (χ0) is 5.11. The van der Waals surface area contributed by atoms with Gasteiger partial charge in [0.25, 0.3) is 0 Å². The fourth-order valence-electron chi connectivity index (χ4n) is 0.693. The molecule has 0 radical (unpaired) electrons. The predicted molar refractivity (Wildman–Crippen MR) is 51.4 cm³/mol. The molecule has 0 bridgehead atoms. The summed E-state index contributed by atoms with van der Waals surface area (Å²) in [5.41, 5.74) is 1.36. The molecule has 0 saturated carbocycles. The van der Waals surface area contributed by atoms with Crippen molar-refractivity contribution in [3.63, 3.8) is 0 Å². The second kappa shape index (κ2) is 10.2. The summed E-state index contributed by atoms with van der Waals surface area (Å²) in [6.07, 6.45) is 9.65. The minimum absolute atomic E-state index is 0. The van der Waals surface area contributed by atoms with Crippen molar-refractivity contribution in [3.05, 3.63) is 23.8 Å². The summed E-state index contributed by atoms with van der Waals surface area (Å²) in [6, 6.07) is 0. The van der Waals surface area contributed by atoms with Gasteiger partial charge >= 0.3 is 0 Å². The van der Waals surface area contributed by atoms with Gasteiger partial charge in [0.05, 0.1) is 0 Å². The van der Waals surface area contributed by atoms with Crippen molar-refractivity contribution in [2.75, 3.05) is 0 Å². The van der Waals surface area contributed by atoms with Gasteiger partial charge < -0.3 is 0 Å². The summed E-state index contributed by atoms with van der Waals surface area (Å²) in [4.78, 5) is 0. The average molecular weight is 303 g/mol. The van der Waals surface area contributed by atoms with Gasteiger partial charge in [0.15, 0.2) is 0 Å². The Hall–Kier alpha value is 1.15. The van der Waals surface area contributed by atoms with Gasteiger partial charge in [0.2, 0.25) is 0 Å². The maximum Gasteiger partial charge on any atom is 0 e. The first-order valence-electron chi connectivity index (χ1n) is 2.69. The maximum absolute atomic E-state index is 3.21. The van der Waals surface area contributed by atoms with E-state index in [9.17, 15) is 0 Å². The van der Waals surface area contributed by atoms with Crippen LogP contribution >= 0.6 is 34.0 Å². The molecule has 0 fully saturated rings. The SMILES string of the molecule is Br.Br.CCC1=[C-]CC=C1.[Ti].